The zero-order chi connectivity index (χ0) is 29.8. The van der Waals surface area contributed by atoms with E-state index in [0.717, 1.165) is 11.1 Å². The van der Waals surface area contributed by atoms with Gasteiger partial charge in [0.1, 0.15) is 24.0 Å². The van der Waals surface area contributed by atoms with Crippen LogP contribution in [0.1, 0.15) is 28.8 Å². The molecule has 1 aliphatic rings. The van der Waals surface area contributed by atoms with Crippen molar-refractivity contribution >= 4 is 34.3 Å². The molecule has 4 aromatic rings. The summed E-state index contributed by atoms with van der Waals surface area (Å²) in [5, 5.41) is 13.7. The Bertz CT molecular complexity index is 1660. The number of nitrogens with one attached hydrogen (secondary N) is 1. The minimum atomic E-state index is -0.974. The number of hydrogen-bond acceptors (Lipinski definition) is 8. The number of carbonyl (C=O) groups excluding carboxylic acids is 1. The SMILES string of the molecule is C=CC(=O)N1CCC(Oc2cc3c(Nc4cc(-c5cccc(C(=O)O)c5C)ccc4OC)ncnc3cc2OC)CC1. The topological polar surface area (TPSA) is 123 Å². The largest absolute Gasteiger partial charge is 0.495 e. The van der Waals surface area contributed by atoms with E-state index >= 15 is 0 Å². The van der Waals surface area contributed by atoms with Crippen molar-refractivity contribution in [1.29, 1.82) is 0 Å². The molecule has 1 aliphatic heterocycles. The molecule has 1 amide bonds. The van der Waals surface area contributed by atoms with Crippen LogP contribution in [0.3, 0.4) is 0 Å². The van der Waals surface area contributed by atoms with E-state index < -0.39 is 5.97 Å². The first kappa shape index (κ1) is 28.4. The number of aromatic nitrogens is 2. The van der Waals surface area contributed by atoms with Crippen molar-refractivity contribution in [3.63, 3.8) is 0 Å². The van der Waals surface area contributed by atoms with E-state index in [9.17, 15) is 14.7 Å². The molecule has 0 unspecified atom stereocenters. The molecule has 10 nitrogen and oxygen atoms in total. The van der Waals surface area contributed by atoms with Crippen molar-refractivity contribution in [2.75, 3.05) is 32.6 Å². The fraction of sp³-hybridized carbons (Fsp3) is 0.250. The van der Waals surface area contributed by atoms with Gasteiger partial charge in [-0.3, -0.25) is 4.79 Å². The van der Waals surface area contributed by atoms with E-state index in [2.05, 4.69) is 21.9 Å². The average molecular weight is 569 g/mol. The Morgan fingerprint density at radius 3 is 2.48 bits per heavy atom. The molecule has 42 heavy (non-hydrogen) atoms. The molecular weight excluding hydrogens is 536 g/mol. The lowest BCUT2D eigenvalue weighted by Gasteiger charge is -2.31. The first-order chi connectivity index (χ1) is 20.3. The fourth-order valence-electron chi connectivity index (χ4n) is 5.20. The number of carboxylic acids is 1. The molecule has 0 saturated carbocycles. The van der Waals surface area contributed by atoms with Crippen LogP contribution in [0.2, 0.25) is 0 Å². The van der Waals surface area contributed by atoms with Crippen molar-refractivity contribution in [2.24, 2.45) is 0 Å². The molecule has 0 spiro atoms. The van der Waals surface area contributed by atoms with Crippen LogP contribution in [0.15, 0.2) is 67.5 Å². The molecule has 0 radical (unpaired) electrons. The van der Waals surface area contributed by atoms with Crippen LogP contribution < -0.4 is 19.5 Å². The quantitative estimate of drug-likeness (QED) is 0.248. The van der Waals surface area contributed by atoms with Crippen LogP contribution in [-0.4, -0.2) is 65.3 Å². The van der Waals surface area contributed by atoms with Gasteiger partial charge in [-0.15, -0.1) is 0 Å². The van der Waals surface area contributed by atoms with Gasteiger partial charge in [0, 0.05) is 37.4 Å². The lowest BCUT2D eigenvalue weighted by molar-refractivity contribution is -0.127. The third-order valence-corrected chi connectivity index (χ3v) is 7.47. The summed E-state index contributed by atoms with van der Waals surface area (Å²) in [4.78, 5) is 34.4. The average Bonchev–Trinajstić information content (AvgIpc) is 3.01. The fourth-order valence-corrected chi connectivity index (χ4v) is 5.20. The Balaban J connectivity index is 1.48. The van der Waals surface area contributed by atoms with E-state index in [1.54, 1.807) is 38.2 Å². The summed E-state index contributed by atoms with van der Waals surface area (Å²) < 4.78 is 17.6. The van der Waals surface area contributed by atoms with Crippen molar-refractivity contribution in [2.45, 2.75) is 25.9 Å². The number of carboxylic acid groups (broad SMARTS) is 1. The van der Waals surface area contributed by atoms with Crippen LogP contribution in [0, 0.1) is 6.92 Å². The van der Waals surface area contributed by atoms with E-state index in [-0.39, 0.29) is 17.6 Å². The highest BCUT2D eigenvalue weighted by atomic mass is 16.5. The molecular formula is C32H32N4O6. The molecule has 0 bridgehead atoms. The van der Waals surface area contributed by atoms with Gasteiger partial charge in [0.25, 0.3) is 0 Å². The highest BCUT2D eigenvalue weighted by Gasteiger charge is 2.24. The standard InChI is InChI=1S/C32H32N4O6/c1-5-30(37)36-13-11-21(12-14-36)42-29-16-24-25(17-28(29)41-4)33-18-34-31(24)35-26-15-20(9-10-27(26)40-3)22-7-6-8-23(19(22)2)32(38)39/h5-10,15-18,21H,1,11-14H2,2-4H3,(H,38,39)(H,33,34,35). The lowest BCUT2D eigenvalue weighted by Crippen LogP contribution is -2.41. The molecule has 0 aliphatic carbocycles. The molecule has 1 aromatic heterocycles. The van der Waals surface area contributed by atoms with Crippen LogP contribution in [0.5, 0.6) is 17.2 Å². The number of anilines is 2. The predicted octanol–water partition coefficient (Wildman–Crippen LogP) is 5.62. The van der Waals surface area contributed by atoms with Crippen LogP contribution in [-0.2, 0) is 4.79 Å². The van der Waals surface area contributed by atoms with E-state index in [1.807, 2.05) is 36.4 Å². The van der Waals surface area contributed by atoms with Crippen molar-refractivity contribution < 1.29 is 28.9 Å². The Kier molecular flexibility index (Phi) is 8.24. The second-order valence-electron chi connectivity index (χ2n) is 9.91. The second kappa shape index (κ2) is 12.2. The number of methoxy groups -OCH3 is 2. The van der Waals surface area contributed by atoms with E-state index in [4.69, 9.17) is 14.2 Å². The van der Waals surface area contributed by atoms with Gasteiger partial charge >= 0.3 is 5.97 Å². The molecule has 0 atom stereocenters. The number of rotatable bonds is 9. The highest BCUT2D eigenvalue weighted by Crippen LogP contribution is 2.39. The molecule has 3 aromatic carbocycles. The number of nitrogens with zero attached hydrogens (tertiary/aromatic N) is 3. The summed E-state index contributed by atoms with van der Waals surface area (Å²) in [5.74, 6) is 1.17. The Morgan fingerprint density at radius 2 is 1.79 bits per heavy atom. The van der Waals surface area contributed by atoms with Crippen molar-refractivity contribution in [1.82, 2.24) is 14.9 Å². The van der Waals surface area contributed by atoms with Crippen LogP contribution in [0.4, 0.5) is 11.5 Å². The maximum Gasteiger partial charge on any atom is 0.335 e. The van der Waals surface area contributed by atoms with Gasteiger partial charge in [-0.2, -0.15) is 0 Å². The minimum Gasteiger partial charge on any atom is -0.495 e. The molecule has 1 fully saturated rings. The van der Waals surface area contributed by atoms with E-state index in [1.165, 1.54) is 12.4 Å². The lowest BCUT2D eigenvalue weighted by atomic mass is 9.96. The number of fused-ring (bicyclic) bond motifs is 1. The number of likely N-dealkylation sites (tertiary alicyclic amines) is 1. The number of amides is 1. The van der Waals surface area contributed by atoms with Gasteiger partial charge in [0.15, 0.2) is 11.5 Å². The van der Waals surface area contributed by atoms with Crippen LogP contribution in [0.25, 0.3) is 22.0 Å². The summed E-state index contributed by atoms with van der Waals surface area (Å²) in [6, 6.07) is 14.5. The van der Waals surface area contributed by atoms with Gasteiger partial charge in [0.05, 0.1) is 31.0 Å². The predicted molar refractivity (Wildman–Crippen MR) is 160 cm³/mol. The Morgan fingerprint density at radius 1 is 1.02 bits per heavy atom. The highest BCUT2D eigenvalue weighted by molar-refractivity contribution is 5.95. The summed E-state index contributed by atoms with van der Waals surface area (Å²) in [6.45, 7) is 6.55. The monoisotopic (exact) mass is 568 g/mol. The van der Waals surface area contributed by atoms with Crippen LogP contribution >= 0.6 is 0 Å². The van der Waals surface area contributed by atoms with Gasteiger partial charge in [0.2, 0.25) is 5.91 Å². The van der Waals surface area contributed by atoms with E-state index in [0.29, 0.717) is 71.2 Å². The van der Waals surface area contributed by atoms with Gasteiger partial charge in [-0.25, -0.2) is 14.8 Å². The van der Waals surface area contributed by atoms with Crippen molar-refractivity contribution in [3.05, 3.63) is 78.6 Å². The summed E-state index contributed by atoms with van der Waals surface area (Å²) in [7, 11) is 3.16. The third kappa shape index (κ3) is 5.69. The maximum atomic E-state index is 12.0. The number of carbonyl (C=O) groups is 2. The number of aromatic carboxylic acids is 1. The van der Waals surface area contributed by atoms with Gasteiger partial charge in [-0.05, 0) is 54.0 Å². The maximum absolute atomic E-state index is 12.0. The number of ether oxygens (including phenoxy) is 3. The zero-order valence-electron chi connectivity index (χ0n) is 23.7. The number of hydrogen-bond donors (Lipinski definition) is 2. The first-order valence-electron chi connectivity index (χ1n) is 13.5. The molecule has 1 saturated heterocycles. The van der Waals surface area contributed by atoms with Gasteiger partial charge < -0.3 is 29.5 Å². The number of benzene rings is 3. The molecule has 5 rings (SSSR count). The Labute approximate surface area is 243 Å². The smallest absolute Gasteiger partial charge is 0.335 e. The molecule has 2 N–H and O–H groups in total. The molecule has 2 heterocycles. The second-order valence-corrected chi connectivity index (χ2v) is 9.91. The minimum absolute atomic E-state index is 0.0751. The third-order valence-electron chi connectivity index (χ3n) is 7.47. The number of piperidine rings is 1. The molecule has 216 valence electrons. The van der Waals surface area contributed by atoms with Gasteiger partial charge in [-0.1, -0.05) is 24.8 Å². The summed E-state index contributed by atoms with van der Waals surface area (Å²) in [6.07, 6.45) is 4.08. The Hall–Kier alpha value is -5.12. The van der Waals surface area contributed by atoms with Crippen molar-refractivity contribution in [3.8, 4) is 28.4 Å². The summed E-state index contributed by atoms with van der Waals surface area (Å²) >= 11 is 0. The first-order valence-corrected chi connectivity index (χ1v) is 13.5. The summed E-state index contributed by atoms with van der Waals surface area (Å²) in [5.41, 5.74) is 3.84. The molecule has 10 heteroatoms. The zero-order valence-corrected chi connectivity index (χ0v) is 23.7. The normalized spacial score (nSPS) is 13.5.